The van der Waals surface area contributed by atoms with Crippen LogP contribution in [0.4, 0.5) is 10.5 Å². The molecule has 88 valence electrons. The number of hydrogen-bond acceptors (Lipinski definition) is 4. The fourth-order valence-corrected chi connectivity index (χ4v) is 1.60. The molecule has 1 unspecified atom stereocenters. The highest BCUT2D eigenvalue weighted by atomic mass is 35.5. The van der Waals surface area contributed by atoms with Gasteiger partial charge in [0, 0.05) is 12.1 Å². The summed E-state index contributed by atoms with van der Waals surface area (Å²) in [5, 5.41) is 3.10. The third-order valence-electron chi connectivity index (χ3n) is 2.24. The summed E-state index contributed by atoms with van der Waals surface area (Å²) < 4.78 is 9.76. The number of carbonyl (C=O) groups excluding carboxylic acids is 1. The van der Waals surface area contributed by atoms with Gasteiger partial charge < -0.3 is 14.8 Å². The van der Waals surface area contributed by atoms with Gasteiger partial charge in [-0.3, -0.25) is 0 Å². The van der Waals surface area contributed by atoms with Crippen molar-refractivity contribution in [1.82, 2.24) is 0 Å². The van der Waals surface area contributed by atoms with Crippen LogP contribution in [0.1, 0.15) is 12.5 Å². The standard InChI is InChI=1S/C11H13NO3.ClH/c1-2-14-11(13)15-10-7-8-5-3-4-6-9(8)12-10;/h3-6,10,12H,2,7H2,1H3;1H. The minimum atomic E-state index is -0.622. The second-order valence-corrected chi connectivity index (χ2v) is 3.30. The zero-order valence-corrected chi connectivity index (χ0v) is 9.75. The monoisotopic (exact) mass is 243 g/mol. The first-order valence-corrected chi connectivity index (χ1v) is 4.97. The van der Waals surface area contributed by atoms with Crippen molar-refractivity contribution in [2.75, 3.05) is 11.9 Å². The van der Waals surface area contributed by atoms with Gasteiger partial charge >= 0.3 is 6.16 Å². The van der Waals surface area contributed by atoms with Crippen molar-refractivity contribution < 1.29 is 14.3 Å². The van der Waals surface area contributed by atoms with Crippen molar-refractivity contribution in [3.8, 4) is 0 Å². The third kappa shape index (κ3) is 2.79. The van der Waals surface area contributed by atoms with Crippen molar-refractivity contribution in [2.45, 2.75) is 19.6 Å². The average molecular weight is 244 g/mol. The largest absolute Gasteiger partial charge is 0.510 e. The Balaban J connectivity index is 0.00000128. The molecule has 0 spiro atoms. The molecule has 5 heteroatoms. The molecule has 1 aromatic rings. The lowest BCUT2D eigenvalue weighted by Gasteiger charge is -2.11. The molecule has 1 atom stereocenters. The molecule has 2 rings (SSSR count). The van der Waals surface area contributed by atoms with E-state index in [4.69, 9.17) is 9.47 Å². The second kappa shape index (κ2) is 5.61. The number of benzene rings is 1. The summed E-state index contributed by atoms with van der Waals surface area (Å²) >= 11 is 0. The van der Waals surface area contributed by atoms with Crippen molar-refractivity contribution in [3.63, 3.8) is 0 Å². The van der Waals surface area contributed by atoms with Gasteiger partial charge in [-0.2, -0.15) is 0 Å². The van der Waals surface area contributed by atoms with E-state index >= 15 is 0 Å². The number of anilines is 1. The molecule has 0 amide bonds. The zero-order valence-electron chi connectivity index (χ0n) is 8.93. The lowest BCUT2D eigenvalue weighted by atomic mass is 10.2. The van der Waals surface area contributed by atoms with Gasteiger partial charge in [0.2, 0.25) is 0 Å². The molecule has 1 aliphatic rings. The van der Waals surface area contributed by atoms with Crippen LogP contribution in [0.25, 0.3) is 0 Å². The van der Waals surface area contributed by atoms with E-state index in [1.54, 1.807) is 6.92 Å². The van der Waals surface area contributed by atoms with Crippen molar-refractivity contribution in [3.05, 3.63) is 29.8 Å². The average Bonchev–Trinajstić information content (AvgIpc) is 2.59. The van der Waals surface area contributed by atoms with Gasteiger partial charge in [0.15, 0.2) is 6.23 Å². The molecular weight excluding hydrogens is 230 g/mol. The Labute approximate surface area is 100 Å². The summed E-state index contributed by atoms with van der Waals surface area (Å²) in [7, 11) is 0. The Morgan fingerprint density at radius 1 is 1.50 bits per heavy atom. The Morgan fingerprint density at radius 2 is 2.25 bits per heavy atom. The molecule has 16 heavy (non-hydrogen) atoms. The number of rotatable bonds is 2. The summed E-state index contributed by atoms with van der Waals surface area (Å²) in [6.45, 7) is 2.08. The topological polar surface area (TPSA) is 47.6 Å². The van der Waals surface area contributed by atoms with E-state index < -0.39 is 6.16 Å². The van der Waals surface area contributed by atoms with Crippen molar-refractivity contribution in [1.29, 1.82) is 0 Å². The molecule has 1 aliphatic heterocycles. The van der Waals surface area contributed by atoms with Crippen molar-refractivity contribution in [2.24, 2.45) is 0 Å². The number of ether oxygens (including phenoxy) is 2. The van der Waals surface area contributed by atoms with Crippen molar-refractivity contribution >= 4 is 24.2 Å². The number of para-hydroxylation sites is 1. The highest BCUT2D eigenvalue weighted by molar-refractivity contribution is 5.85. The second-order valence-electron chi connectivity index (χ2n) is 3.30. The van der Waals surface area contributed by atoms with E-state index in [2.05, 4.69) is 5.32 Å². The predicted molar refractivity (Wildman–Crippen MR) is 62.9 cm³/mol. The highest BCUT2D eigenvalue weighted by Crippen LogP contribution is 2.25. The molecule has 0 aliphatic carbocycles. The quantitative estimate of drug-likeness (QED) is 0.811. The molecule has 4 nitrogen and oxygen atoms in total. The molecule has 0 saturated carbocycles. The van der Waals surface area contributed by atoms with E-state index in [0.29, 0.717) is 13.0 Å². The van der Waals surface area contributed by atoms with Crippen LogP contribution in [-0.4, -0.2) is 19.0 Å². The lowest BCUT2D eigenvalue weighted by molar-refractivity contribution is 0.0371. The van der Waals surface area contributed by atoms with E-state index in [1.165, 1.54) is 0 Å². The highest BCUT2D eigenvalue weighted by Gasteiger charge is 2.23. The van der Waals surface area contributed by atoms with Crippen LogP contribution in [0.5, 0.6) is 0 Å². The van der Waals surface area contributed by atoms with Gasteiger partial charge in [-0.1, -0.05) is 18.2 Å². The van der Waals surface area contributed by atoms with Crippen LogP contribution in [-0.2, 0) is 15.9 Å². The van der Waals surface area contributed by atoms with Gasteiger partial charge in [-0.05, 0) is 18.6 Å². The number of carbonyl (C=O) groups is 1. The predicted octanol–water partition coefficient (Wildman–Crippen LogP) is 2.58. The Bertz CT molecular complexity index is 345. The van der Waals surface area contributed by atoms with Gasteiger partial charge in [0.1, 0.15) is 0 Å². The number of halogens is 1. The van der Waals surface area contributed by atoms with E-state index in [-0.39, 0.29) is 18.6 Å². The Kier molecular flexibility index (Phi) is 4.43. The SMILES string of the molecule is CCOC(=O)OC1Cc2ccccc2N1.Cl. The molecule has 1 N–H and O–H groups in total. The summed E-state index contributed by atoms with van der Waals surface area (Å²) in [6.07, 6.45) is -0.237. The van der Waals surface area contributed by atoms with Crippen LogP contribution in [0.2, 0.25) is 0 Å². The molecule has 0 radical (unpaired) electrons. The van der Waals surface area contributed by atoms with Crippen LogP contribution in [0.15, 0.2) is 24.3 Å². The number of fused-ring (bicyclic) bond motifs is 1. The molecule has 1 heterocycles. The Morgan fingerprint density at radius 3 is 2.94 bits per heavy atom. The van der Waals surface area contributed by atoms with E-state index in [1.807, 2.05) is 24.3 Å². The minimum absolute atomic E-state index is 0. The maximum Gasteiger partial charge on any atom is 0.510 e. The van der Waals surface area contributed by atoms with Gasteiger partial charge in [0.25, 0.3) is 0 Å². The van der Waals surface area contributed by atoms with Crippen LogP contribution in [0.3, 0.4) is 0 Å². The summed E-state index contributed by atoms with van der Waals surface area (Å²) in [5.74, 6) is 0. The van der Waals surface area contributed by atoms with Crippen LogP contribution < -0.4 is 5.32 Å². The fourth-order valence-electron chi connectivity index (χ4n) is 1.60. The minimum Gasteiger partial charge on any atom is -0.435 e. The van der Waals surface area contributed by atoms with Crippen LogP contribution in [0, 0.1) is 0 Å². The fraction of sp³-hybridized carbons (Fsp3) is 0.364. The summed E-state index contributed by atoms with van der Waals surface area (Å²) in [4.78, 5) is 11.1. The summed E-state index contributed by atoms with van der Waals surface area (Å²) in [6, 6.07) is 7.88. The molecule has 1 aromatic carbocycles. The van der Waals surface area contributed by atoms with Gasteiger partial charge in [-0.25, -0.2) is 4.79 Å². The normalized spacial score (nSPS) is 16.7. The van der Waals surface area contributed by atoms with Gasteiger partial charge in [0.05, 0.1) is 6.61 Å². The van der Waals surface area contributed by atoms with E-state index in [9.17, 15) is 4.79 Å². The molecule has 0 bridgehead atoms. The maximum absolute atomic E-state index is 11.1. The lowest BCUT2D eigenvalue weighted by Crippen LogP contribution is -2.24. The first-order valence-electron chi connectivity index (χ1n) is 4.97. The van der Waals surface area contributed by atoms with E-state index in [0.717, 1.165) is 11.3 Å². The molecule has 0 aromatic heterocycles. The Hall–Kier alpha value is -1.42. The molecular formula is C11H14ClNO3. The van der Waals surface area contributed by atoms with Gasteiger partial charge in [-0.15, -0.1) is 12.4 Å². The maximum atomic E-state index is 11.1. The first-order chi connectivity index (χ1) is 7.29. The number of hydrogen-bond donors (Lipinski definition) is 1. The molecule has 0 fully saturated rings. The molecule has 0 saturated heterocycles. The first kappa shape index (κ1) is 12.6. The third-order valence-corrected chi connectivity index (χ3v) is 2.24. The van der Waals surface area contributed by atoms with Crippen LogP contribution >= 0.6 is 12.4 Å². The smallest absolute Gasteiger partial charge is 0.435 e. The zero-order chi connectivity index (χ0) is 10.7. The number of nitrogens with one attached hydrogen (secondary N) is 1. The summed E-state index contributed by atoms with van der Waals surface area (Å²) in [5.41, 5.74) is 2.18.